The summed E-state index contributed by atoms with van der Waals surface area (Å²) in [7, 11) is 0. The lowest BCUT2D eigenvalue weighted by Gasteiger charge is -2.33. The zero-order chi connectivity index (χ0) is 11.7. The standard InChI is InChI=1S/C13H19ClN2/c1-9-3-5-16(6-4-9)12-8-10(2)7-11(14)13(12)15/h7-9H,3-6,15H2,1-2H3. The van der Waals surface area contributed by atoms with Gasteiger partial charge in [-0.15, -0.1) is 0 Å². The summed E-state index contributed by atoms with van der Waals surface area (Å²) in [4.78, 5) is 2.36. The Morgan fingerprint density at radius 3 is 2.56 bits per heavy atom. The van der Waals surface area contributed by atoms with Crippen molar-refractivity contribution in [1.29, 1.82) is 0 Å². The van der Waals surface area contributed by atoms with Crippen LogP contribution in [0.25, 0.3) is 0 Å². The number of halogens is 1. The molecule has 0 bridgehead atoms. The summed E-state index contributed by atoms with van der Waals surface area (Å²) in [6, 6.07) is 4.06. The molecule has 0 amide bonds. The Labute approximate surface area is 102 Å². The lowest BCUT2D eigenvalue weighted by molar-refractivity contribution is 0.438. The van der Waals surface area contributed by atoms with Crippen molar-refractivity contribution in [3.63, 3.8) is 0 Å². The van der Waals surface area contributed by atoms with E-state index in [9.17, 15) is 0 Å². The van der Waals surface area contributed by atoms with Gasteiger partial charge in [0, 0.05) is 13.1 Å². The highest BCUT2D eigenvalue weighted by Crippen LogP contribution is 2.34. The fraction of sp³-hybridized carbons (Fsp3) is 0.538. The van der Waals surface area contributed by atoms with E-state index in [0.717, 1.165) is 30.4 Å². The number of hydrogen-bond donors (Lipinski definition) is 1. The molecule has 2 rings (SSSR count). The third kappa shape index (κ3) is 2.27. The van der Waals surface area contributed by atoms with Crippen molar-refractivity contribution in [2.45, 2.75) is 26.7 Å². The van der Waals surface area contributed by atoms with E-state index in [1.54, 1.807) is 0 Å². The number of piperidine rings is 1. The van der Waals surface area contributed by atoms with E-state index in [1.165, 1.54) is 18.4 Å². The number of anilines is 2. The van der Waals surface area contributed by atoms with Gasteiger partial charge in [0.25, 0.3) is 0 Å². The van der Waals surface area contributed by atoms with Gasteiger partial charge in [0.1, 0.15) is 0 Å². The number of aryl methyl sites for hydroxylation is 1. The molecule has 1 aliphatic rings. The summed E-state index contributed by atoms with van der Waals surface area (Å²) < 4.78 is 0. The van der Waals surface area contributed by atoms with Crippen LogP contribution in [0.5, 0.6) is 0 Å². The average molecular weight is 239 g/mol. The molecule has 1 aliphatic heterocycles. The summed E-state index contributed by atoms with van der Waals surface area (Å²) in [6.45, 7) is 6.54. The first-order valence-corrected chi connectivity index (χ1v) is 6.26. The summed E-state index contributed by atoms with van der Waals surface area (Å²) in [5, 5.41) is 0.675. The molecule has 0 aliphatic carbocycles. The predicted molar refractivity (Wildman–Crippen MR) is 71.2 cm³/mol. The van der Waals surface area contributed by atoms with Gasteiger partial charge in [-0.25, -0.2) is 0 Å². The smallest absolute Gasteiger partial charge is 0.0741 e. The van der Waals surface area contributed by atoms with Crippen LogP contribution in [0.2, 0.25) is 5.02 Å². The van der Waals surface area contributed by atoms with Crippen LogP contribution in [-0.4, -0.2) is 13.1 Å². The highest BCUT2D eigenvalue weighted by atomic mass is 35.5. The molecule has 0 spiro atoms. The van der Waals surface area contributed by atoms with Gasteiger partial charge in [-0.05, 0) is 43.4 Å². The molecular formula is C13H19ClN2. The van der Waals surface area contributed by atoms with Crippen LogP contribution in [0.15, 0.2) is 12.1 Å². The summed E-state index contributed by atoms with van der Waals surface area (Å²) >= 11 is 6.12. The molecule has 2 N–H and O–H groups in total. The van der Waals surface area contributed by atoms with E-state index >= 15 is 0 Å². The first-order valence-electron chi connectivity index (χ1n) is 5.88. The number of nitrogen functional groups attached to an aromatic ring is 1. The third-order valence-electron chi connectivity index (χ3n) is 3.38. The summed E-state index contributed by atoms with van der Waals surface area (Å²) in [5.41, 5.74) is 9.05. The van der Waals surface area contributed by atoms with E-state index in [4.69, 9.17) is 17.3 Å². The second kappa shape index (κ2) is 4.54. The highest BCUT2D eigenvalue weighted by molar-refractivity contribution is 6.33. The van der Waals surface area contributed by atoms with Gasteiger partial charge in [-0.3, -0.25) is 0 Å². The normalized spacial score (nSPS) is 17.8. The molecule has 1 heterocycles. The molecule has 0 saturated carbocycles. The van der Waals surface area contributed by atoms with Gasteiger partial charge in [0.15, 0.2) is 0 Å². The number of nitrogens with zero attached hydrogens (tertiary/aromatic N) is 1. The number of hydrogen-bond acceptors (Lipinski definition) is 2. The van der Waals surface area contributed by atoms with Crippen LogP contribution in [0, 0.1) is 12.8 Å². The molecular weight excluding hydrogens is 220 g/mol. The quantitative estimate of drug-likeness (QED) is 0.760. The van der Waals surface area contributed by atoms with Gasteiger partial charge >= 0.3 is 0 Å². The first kappa shape index (κ1) is 11.6. The monoisotopic (exact) mass is 238 g/mol. The zero-order valence-corrected chi connectivity index (χ0v) is 10.7. The number of benzene rings is 1. The van der Waals surface area contributed by atoms with Crippen LogP contribution in [0.3, 0.4) is 0 Å². The number of nitrogens with two attached hydrogens (primary N) is 1. The predicted octanol–water partition coefficient (Wildman–Crippen LogP) is 3.47. The minimum absolute atomic E-state index is 0.675. The van der Waals surface area contributed by atoms with Gasteiger partial charge in [-0.1, -0.05) is 18.5 Å². The molecule has 1 saturated heterocycles. The molecule has 0 radical (unpaired) electrons. The minimum Gasteiger partial charge on any atom is -0.396 e. The van der Waals surface area contributed by atoms with Crippen LogP contribution >= 0.6 is 11.6 Å². The van der Waals surface area contributed by atoms with Crippen molar-refractivity contribution in [2.75, 3.05) is 23.7 Å². The lowest BCUT2D eigenvalue weighted by atomic mass is 9.98. The fourth-order valence-electron chi connectivity index (χ4n) is 2.25. The Bertz CT molecular complexity index is 382. The van der Waals surface area contributed by atoms with Gasteiger partial charge in [-0.2, -0.15) is 0 Å². The highest BCUT2D eigenvalue weighted by Gasteiger charge is 2.18. The van der Waals surface area contributed by atoms with E-state index in [-0.39, 0.29) is 0 Å². The maximum absolute atomic E-state index is 6.12. The summed E-state index contributed by atoms with van der Waals surface area (Å²) in [5.74, 6) is 0.831. The zero-order valence-electron chi connectivity index (χ0n) is 9.96. The van der Waals surface area contributed by atoms with Crippen molar-refractivity contribution in [3.05, 3.63) is 22.7 Å². The van der Waals surface area contributed by atoms with Gasteiger partial charge in [0.2, 0.25) is 0 Å². The molecule has 0 aromatic heterocycles. The maximum Gasteiger partial charge on any atom is 0.0741 e. The first-order chi connectivity index (χ1) is 7.58. The number of rotatable bonds is 1. The van der Waals surface area contributed by atoms with Crippen molar-refractivity contribution >= 4 is 23.0 Å². The topological polar surface area (TPSA) is 29.3 Å². The molecule has 0 atom stereocenters. The van der Waals surface area contributed by atoms with E-state index in [1.807, 2.05) is 6.07 Å². The SMILES string of the molecule is Cc1cc(Cl)c(N)c(N2CCC(C)CC2)c1. The average Bonchev–Trinajstić information content (AvgIpc) is 2.25. The second-order valence-electron chi connectivity index (χ2n) is 4.85. The van der Waals surface area contributed by atoms with Crippen molar-refractivity contribution in [1.82, 2.24) is 0 Å². The Balaban J connectivity index is 2.26. The van der Waals surface area contributed by atoms with E-state index in [0.29, 0.717) is 5.02 Å². The molecule has 1 aromatic carbocycles. The Hall–Kier alpha value is -0.890. The van der Waals surface area contributed by atoms with E-state index < -0.39 is 0 Å². The molecule has 88 valence electrons. The van der Waals surface area contributed by atoms with Crippen LogP contribution in [0.1, 0.15) is 25.3 Å². The van der Waals surface area contributed by atoms with Gasteiger partial charge < -0.3 is 10.6 Å². The Morgan fingerprint density at radius 2 is 1.94 bits per heavy atom. The van der Waals surface area contributed by atoms with Crippen molar-refractivity contribution < 1.29 is 0 Å². The van der Waals surface area contributed by atoms with Gasteiger partial charge in [0.05, 0.1) is 16.4 Å². The fourth-order valence-corrected chi connectivity index (χ4v) is 2.52. The second-order valence-corrected chi connectivity index (χ2v) is 5.26. The maximum atomic E-state index is 6.12. The third-order valence-corrected chi connectivity index (χ3v) is 3.69. The largest absolute Gasteiger partial charge is 0.396 e. The van der Waals surface area contributed by atoms with Crippen molar-refractivity contribution in [2.24, 2.45) is 5.92 Å². The van der Waals surface area contributed by atoms with Crippen molar-refractivity contribution in [3.8, 4) is 0 Å². The molecule has 1 fully saturated rings. The Kier molecular flexibility index (Phi) is 3.29. The molecule has 1 aromatic rings. The lowest BCUT2D eigenvalue weighted by Crippen LogP contribution is -2.33. The van der Waals surface area contributed by atoms with Crippen LogP contribution in [0.4, 0.5) is 11.4 Å². The van der Waals surface area contributed by atoms with Crippen LogP contribution in [-0.2, 0) is 0 Å². The Morgan fingerprint density at radius 1 is 1.31 bits per heavy atom. The molecule has 2 nitrogen and oxygen atoms in total. The summed E-state index contributed by atoms with van der Waals surface area (Å²) in [6.07, 6.45) is 2.48. The molecule has 16 heavy (non-hydrogen) atoms. The van der Waals surface area contributed by atoms with Crippen LogP contribution < -0.4 is 10.6 Å². The van der Waals surface area contributed by atoms with E-state index in [2.05, 4.69) is 24.8 Å². The minimum atomic E-state index is 0.675. The molecule has 3 heteroatoms. The molecule has 0 unspecified atom stereocenters.